The third kappa shape index (κ3) is 7.44. The zero-order valence-corrected chi connectivity index (χ0v) is 6.59. The van der Waals surface area contributed by atoms with Gasteiger partial charge in [-0.3, -0.25) is 0 Å². The molecule has 0 fully saturated rings. The van der Waals surface area contributed by atoms with Gasteiger partial charge in [0.2, 0.25) is 0 Å². The molecule has 0 heterocycles. The molecule has 0 aromatic heterocycles. The van der Waals surface area contributed by atoms with Gasteiger partial charge in [0.1, 0.15) is 0 Å². The zero-order valence-electron chi connectivity index (χ0n) is 6.59. The van der Waals surface area contributed by atoms with Crippen LogP contribution in [0.25, 0.3) is 0 Å². The molecule has 0 aromatic rings. The third-order valence-electron chi connectivity index (χ3n) is 1.22. The van der Waals surface area contributed by atoms with E-state index in [-0.39, 0.29) is 0 Å². The second-order valence-electron chi connectivity index (χ2n) is 2.17. The predicted octanol–water partition coefficient (Wildman–Crippen LogP) is 2.28. The number of aliphatic hydroxyl groups excluding tert-OH is 1. The molecule has 0 spiro atoms. The van der Waals surface area contributed by atoms with E-state index in [1.165, 1.54) is 0 Å². The Morgan fingerprint density at radius 1 is 1.20 bits per heavy atom. The summed E-state index contributed by atoms with van der Waals surface area (Å²) in [7, 11) is 0. The van der Waals surface area contributed by atoms with Crippen molar-refractivity contribution in [2.24, 2.45) is 0 Å². The minimum Gasteiger partial charge on any atom is -0.396 e. The van der Waals surface area contributed by atoms with Crippen molar-refractivity contribution in [2.45, 2.75) is 26.2 Å². The maximum absolute atomic E-state index is 8.43. The largest absolute Gasteiger partial charge is 0.396 e. The van der Waals surface area contributed by atoms with E-state index in [1.807, 2.05) is 25.2 Å². The van der Waals surface area contributed by atoms with Crippen molar-refractivity contribution < 1.29 is 5.11 Å². The fourth-order valence-electron chi connectivity index (χ4n) is 0.660. The van der Waals surface area contributed by atoms with E-state index in [0.29, 0.717) is 6.61 Å². The molecule has 0 aromatic carbocycles. The average molecular weight is 140 g/mol. The molecule has 1 N–H and O–H groups in total. The molecule has 0 bridgehead atoms. The van der Waals surface area contributed by atoms with Crippen LogP contribution in [-0.2, 0) is 0 Å². The molecule has 0 aliphatic rings. The van der Waals surface area contributed by atoms with Gasteiger partial charge in [-0.25, -0.2) is 0 Å². The van der Waals surface area contributed by atoms with Crippen LogP contribution in [0.2, 0.25) is 0 Å². The SMILES string of the molecule is C/C=C/C=C/CCCCO. The Kier molecular flexibility index (Phi) is 7.97. The van der Waals surface area contributed by atoms with Crippen molar-refractivity contribution in [2.75, 3.05) is 6.61 Å². The lowest BCUT2D eigenvalue weighted by Crippen LogP contribution is -1.79. The molecule has 1 nitrogen and oxygen atoms in total. The minimum absolute atomic E-state index is 0.317. The first-order valence-electron chi connectivity index (χ1n) is 3.80. The molecule has 0 radical (unpaired) electrons. The van der Waals surface area contributed by atoms with Crippen molar-refractivity contribution >= 4 is 0 Å². The van der Waals surface area contributed by atoms with Crippen molar-refractivity contribution in [3.63, 3.8) is 0 Å². The Morgan fingerprint density at radius 2 is 2.00 bits per heavy atom. The molecule has 0 atom stereocenters. The number of aliphatic hydroxyl groups is 1. The maximum atomic E-state index is 8.43. The maximum Gasteiger partial charge on any atom is 0.0431 e. The van der Waals surface area contributed by atoms with Crippen LogP contribution in [0.1, 0.15) is 26.2 Å². The standard InChI is InChI=1S/C9H16O/c1-2-3-4-5-6-7-8-9-10/h2-5,10H,6-9H2,1H3/b3-2+,5-4+. The molecule has 10 heavy (non-hydrogen) atoms. The van der Waals surface area contributed by atoms with Crippen LogP contribution in [0.15, 0.2) is 24.3 Å². The van der Waals surface area contributed by atoms with Gasteiger partial charge in [-0.1, -0.05) is 24.3 Å². The van der Waals surface area contributed by atoms with E-state index in [1.54, 1.807) is 0 Å². The van der Waals surface area contributed by atoms with E-state index in [9.17, 15) is 0 Å². The lowest BCUT2D eigenvalue weighted by molar-refractivity contribution is 0.285. The van der Waals surface area contributed by atoms with Gasteiger partial charge in [-0.2, -0.15) is 0 Å². The molecular weight excluding hydrogens is 124 g/mol. The van der Waals surface area contributed by atoms with Gasteiger partial charge >= 0.3 is 0 Å². The minimum atomic E-state index is 0.317. The molecule has 0 rings (SSSR count). The summed E-state index contributed by atoms with van der Waals surface area (Å²) in [6, 6.07) is 0. The fourth-order valence-corrected chi connectivity index (χ4v) is 0.660. The summed E-state index contributed by atoms with van der Waals surface area (Å²) < 4.78 is 0. The number of rotatable bonds is 5. The van der Waals surface area contributed by atoms with Gasteiger partial charge in [0, 0.05) is 6.61 Å². The predicted molar refractivity (Wildman–Crippen MR) is 44.9 cm³/mol. The smallest absolute Gasteiger partial charge is 0.0431 e. The highest BCUT2D eigenvalue weighted by molar-refractivity contribution is 5.00. The number of unbranched alkanes of at least 4 members (excludes halogenated alkanes) is 2. The molecule has 0 aliphatic carbocycles. The second kappa shape index (κ2) is 8.44. The van der Waals surface area contributed by atoms with Gasteiger partial charge in [-0.15, -0.1) is 0 Å². The summed E-state index contributed by atoms with van der Waals surface area (Å²) in [4.78, 5) is 0. The van der Waals surface area contributed by atoms with Crippen molar-refractivity contribution in [1.29, 1.82) is 0 Å². The average Bonchev–Trinajstić information content (AvgIpc) is 1.97. The first-order chi connectivity index (χ1) is 4.91. The lowest BCUT2D eigenvalue weighted by Gasteiger charge is -1.89. The van der Waals surface area contributed by atoms with Gasteiger partial charge in [0.05, 0.1) is 0 Å². The van der Waals surface area contributed by atoms with Gasteiger partial charge in [0.25, 0.3) is 0 Å². The van der Waals surface area contributed by atoms with E-state index < -0.39 is 0 Å². The number of hydrogen-bond acceptors (Lipinski definition) is 1. The summed E-state index contributed by atoms with van der Waals surface area (Å²) in [6.45, 7) is 2.32. The topological polar surface area (TPSA) is 20.2 Å². The van der Waals surface area contributed by atoms with E-state index in [4.69, 9.17) is 5.11 Å². The van der Waals surface area contributed by atoms with Gasteiger partial charge < -0.3 is 5.11 Å². The Morgan fingerprint density at radius 3 is 2.60 bits per heavy atom. The Bertz CT molecular complexity index is 103. The molecule has 58 valence electrons. The summed E-state index contributed by atoms with van der Waals surface area (Å²) in [5.74, 6) is 0. The Balaban J connectivity index is 3.02. The van der Waals surface area contributed by atoms with E-state index in [0.717, 1.165) is 19.3 Å². The molecule has 0 amide bonds. The second-order valence-corrected chi connectivity index (χ2v) is 2.17. The summed E-state index contributed by atoms with van der Waals surface area (Å²) in [5.41, 5.74) is 0. The first-order valence-corrected chi connectivity index (χ1v) is 3.80. The lowest BCUT2D eigenvalue weighted by atomic mass is 10.2. The fraction of sp³-hybridized carbons (Fsp3) is 0.556. The highest BCUT2D eigenvalue weighted by Gasteiger charge is 1.79. The summed E-state index contributed by atoms with van der Waals surface area (Å²) in [5, 5.41) is 8.43. The molecule has 1 heteroatoms. The van der Waals surface area contributed by atoms with Crippen LogP contribution in [0, 0.1) is 0 Å². The van der Waals surface area contributed by atoms with Crippen LogP contribution in [-0.4, -0.2) is 11.7 Å². The van der Waals surface area contributed by atoms with Gasteiger partial charge in [-0.05, 0) is 26.2 Å². The summed E-state index contributed by atoms with van der Waals surface area (Å²) in [6.07, 6.45) is 11.3. The Labute approximate surface area is 63.1 Å². The van der Waals surface area contributed by atoms with Crippen molar-refractivity contribution in [1.82, 2.24) is 0 Å². The Hall–Kier alpha value is -0.560. The van der Waals surface area contributed by atoms with E-state index >= 15 is 0 Å². The number of allylic oxidation sites excluding steroid dienone is 4. The van der Waals surface area contributed by atoms with Crippen molar-refractivity contribution in [3.05, 3.63) is 24.3 Å². The molecular formula is C9H16O. The summed E-state index contributed by atoms with van der Waals surface area (Å²) >= 11 is 0. The van der Waals surface area contributed by atoms with E-state index in [2.05, 4.69) is 6.08 Å². The van der Waals surface area contributed by atoms with Crippen LogP contribution in [0.3, 0.4) is 0 Å². The third-order valence-corrected chi connectivity index (χ3v) is 1.22. The van der Waals surface area contributed by atoms with Crippen LogP contribution < -0.4 is 0 Å². The highest BCUT2D eigenvalue weighted by atomic mass is 16.2. The monoisotopic (exact) mass is 140 g/mol. The van der Waals surface area contributed by atoms with Crippen LogP contribution in [0.5, 0.6) is 0 Å². The van der Waals surface area contributed by atoms with Crippen LogP contribution in [0.4, 0.5) is 0 Å². The van der Waals surface area contributed by atoms with Crippen molar-refractivity contribution in [3.8, 4) is 0 Å². The highest BCUT2D eigenvalue weighted by Crippen LogP contribution is 1.94. The van der Waals surface area contributed by atoms with Gasteiger partial charge in [0.15, 0.2) is 0 Å². The zero-order chi connectivity index (χ0) is 7.66. The quantitative estimate of drug-likeness (QED) is 0.459. The molecule has 0 aliphatic heterocycles. The normalized spacial score (nSPS) is 11.8. The molecule has 0 saturated carbocycles. The molecule has 0 unspecified atom stereocenters. The molecule has 0 saturated heterocycles. The number of hydrogen-bond donors (Lipinski definition) is 1. The van der Waals surface area contributed by atoms with Crippen LogP contribution >= 0.6 is 0 Å². The first kappa shape index (κ1) is 9.44.